The van der Waals surface area contributed by atoms with Crippen LogP contribution in [0.25, 0.3) is 0 Å². The molecular formula is C25H29ClN4O4S2. The molecule has 0 radical (unpaired) electrons. The van der Waals surface area contributed by atoms with Crippen molar-refractivity contribution in [2.75, 3.05) is 18.2 Å². The Kier molecular flexibility index (Phi) is 8.58. The highest BCUT2D eigenvalue weighted by molar-refractivity contribution is 7.99. The van der Waals surface area contributed by atoms with Gasteiger partial charge in [-0.15, -0.1) is 21.5 Å². The summed E-state index contributed by atoms with van der Waals surface area (Å²) in [5, 5.41) is 13.4. The highest BCUT2D eigenvalue weighted by atomic mass is 35.5. The predicted molar refractivity (Wildman–Crippen MR) is 143 cm³/mol. The number of amides is 1. The van der Waals surface area contributed by atoms with E-state index in [0.717, 1.165) is 52.3 Å². The first-order chi connectivity index (χ1) is 17.3. The van der Waals surface area contributed by atoms with Gasteiger partial charge in [-0.25, -0.2) is 4.79 Å². The molecule has 0 saturated carbocycles. The van der Waals surface area contributed by atoms with Crippen LogP contribution in [-0.2, 0) is 35.5 Å². The van der Waals surface area contributed by atoms with E-state index in [1.54, 1.807) is 0 Å². The van der Waals surface area contributed by atoms with Crippen LogP contribution in [0.3, 0.4) is 0 Å². The van der Waals surface area contributed by atoms with Gasteiger partial charge in [0.25, 0.3) is 0 Å². The zero-order valence-electron chi connectivity index (χ0n) is 20.8. The first-order valence-corrected chi connectivity index (χ1v) is 14.0. The van der Waals surface area contributed by atoms with Crippen molar-refractivity contribution in [2.45, 2.75) is 64.8 Å². The molecule has 0 bridgehead atoms. The van der Waals surface area contributed by atoms with Crippen molar-refractivity contribution in [3.63, 3.8) is 0 Å². The van der Waals surface area contributed by atoms with E-state index >= 15 is 0 Å². The maximum Gasteiger partial charge on any atom is 0.341 e. The minimum absolute atomic E-state index is 0.137. The number of thioether (sulfide) groups is 1. The van der Waals surface area contributed by atoms with Crippen LogP contribution < -0.4 is 10.1 Å². The number of hydrogen-bond acceptors (Lipinski definition) is 8. The van der Waals surface area contributed by atoms with E-state index in [4.69, 9.17) is 21.1 Å². The second kappa shape index (κ2) is 11.7. The third-order valence-electron chi connectivity index (χ3n) is 6.03. The van der Waals surface area contributed by atoms with E-state index in [1.807, 2.05) is 37.5 Å². The molecule has 0 atom stereocenters. The summed E-state index contributed by atoms with van der Waals surface area (Å²) in [5.74, 6) is 0.911. The van der Waals surface area contributed by atoms with Gasteiger partial charge in [0.1, 0.15) is 17.4 Å². The van der Waals surface area contributed by atoms with Crippen molar-refractivity contribution >= 4 is 51.6 Å². The first-order valence-electron chi connectivity index (χ1n) is 11.8. The fourth-order valence-electron chi connectivity index (χ4n) is 4.25. The van der Waals surface area contributed by atoms with E-state index < -0.39 is 5.97 Å². The summed E-state index contributed by atoms with van der Waals surface area (Å²) >= 11 is 9.02. The molecule has 11 heteroatoms. The molecule has 8 nitrogen and oxygen atoms in total. The molecule has 1 aliphatic rings. The fraction of sp³-hybridized carbons (Fsp3) is 0.440. The predicted octanol–water partition coefficient (Wildman–Crippen LogP) is 5.60. The van der Waals surface area contributed by atoms with Gasteiger partial charge in [-0.3, -0.25) is 4.79 Å². The second-order valence-corrected chi connectivity index (χ2v) is 11.0. The summed E-state index contributed by atoms with van der Waals surface area (Å²) in [6, 6.07) is 3.79. The molecule has 2 heterocycles. The number of carbonyl (C=O) groups is 2. The minimum Gasteiger partial charge on any atom is -0.486 e. The van der Waals surface area contributed by atoms with Gasteiger partial charge in [0.05, 0.1) is 18.4 Å². The Morgan fingerprint density at radius 2 is 1.92 bits per heavy atom. The zero-order valence-corrected chi connectivity index (χ0v) is 23.2. The van der Waals surface area contributed by atoms with Gasteiger partial charge in [0.15, 0.2) is 11.0 Å². The second-order valence-electron chi connectivity index (χ2n) is 8.55. The average Bonchev–Trinajstić information content (AvgIpc) is 3.44. The number of rotatable bonds is 9. The van der Waals surface area contributed by atoms with Crippen LogP contribution in [0.15, 0.2) is 17.3 Å². The number of esters is 1. The number of aryl methyl sites for hydroxylation is 3. The number of nitrogens with zero attached hydrogens (tertiary/aromatic N) is 3. The molecule has 0 fully saturated rings. The SMILES string of the molecule is CCn1c(COc2cc(C)c(Cl)c(C)c2)nnc1SCC(=O)Nc1sc2c(c1C(=O)OC)CCCC2. The lowest BCUT2D eigenvalue weighted by atomic mass is 9.95. The fourth-order valence-corrected chi connectivity index (χ4v) is 6.48. The molecule has 2 aromatic heterocycles. The van der Waals surface area contributed by atoms with Crippen molar-refractivity contribution in [1.82, 2.24) is 14.8 Å². The van der Waals surface area contributed by atoms with Crippen molar-refractivity contribution in [3.05, 3.63) is 50.1 Å². The van der Waals surface area contributed by atoms with Gasteiger partial charge in [0, 0.05) is 16.4 Å². The Hall–Kier alpha value is -2.56. The van der Waals surface area contributed by atoms with Crippen LogP contribution in [-0.4, -0.2) is 39.5 Å². The van der Waals surface area contributed by atoms with E-state index in [-0.39, 0.29) is 18.3 Å². The lowest BCUT2D eigenvalue weighted by Crippen LogP contribution is -2.17. The third-order valence-corrected chi connectivity index (χ3v) is 8.80. The summed E-state index contributed by atoms with van der Waals surface area (Å²) in [4.78, 5) is 26.4. The molecule has 0 spiro atoms. The summed E-state index contributed by atoms with van der Waals surface area (Å²) in [7, 11) is 1.37. The Morgan fingerprint density at radius 3 is 2.61 bits per heavy atom. The molecule has 1 amide bonds. The molecule has 0 unspecified atom stereocenters. The van der Waals surface area contributed by atoms with Gasteiger partial charge in [-0.05, 0) is 75.3 Å². The average molecular weight is 549 g/mol. The Labute approximate surface area is 223 Å². The quantitative estimate of drug-likeness (QED) is 0.274. The molecule has 4 rings (SSSR count). The molecular weight excluding hydrogens is 520 g/mol. The summed E-state index contributed by atoms with van der Waals surface area (Å²) in [6.45, 7) is 6.76. The number of halogens is 1. The maximum atomic E-state index is 12.8. The van der Waals surface area contributed by atoms with Crippen LogP contribution in [0, 0.1) is 13.8 Å². The van der Waals surface area contributed by atoms with Crippen molar-refractivity contribution in [2.24, 2.45) is 0 Å². The van der Waals surface area contributed by atoms with E-state index in [2.05, 4.69) is 15.5 Å². The Bertz CT molecular complexity index is 1260. The number of hydrogen-bond donors (Lipinski definition) is 1. The number of benzene rings is 1. The Morgan fingerprint density at radius 1 is 1.19 bits per heavy atom. The van der Waals surface area contributed by atoms with Crippen LogP contribution in [0.4, 0.5) is 5.00 Å². The zero-order chi connectivity index (χ0) is 25.8. The number of anilines is 1. The lowest BCUT2D eigenvalue weighted by Gasteiger charge is -2.12. The largest absolute Gasteiger partial charge is 0.486 e. The van der Waals surface area contributed by atoms with Crippen LogP contribution in [0.1, 0.15) is 57.5 Å². The lowest BCUT2D eigenvalue weighted by molar-refractivity contribution is -0.113. The number of aromatic nitrogens is 3. The van der Waals surface area contributed by atoms with Gasteiger partial charge < -0.3 is 19.4 Å². The number of fused-ring (bicyclic) bond motifs is 1. The molecule has 36 heavy (non-hydrogen) atoms. The van der Waals surface area contributed by atoms with E-state index in [9.17, 15) is 9.59 Å². The molecule has 0 aliphatic heterocycles. The molecule has 0 saturated heterocycles. The summed E-state index contributed by atoms with van der Waals surface area (Å²) in [6.07, 6.45) is 3.88. The molecule has 192 valence electrons. The first kappa shape index (κ1) is 26.5. The highest BCUT2D eigenvalue weighted by Crippen LogP contribution is 2.38. The third kappa shape index (κ3) is 5.71. The topological polar surface area (TPSA) is 95.3 Å². The monoisotopic (exact) mass is 548 g/mol. The molecule has 1 N–H and O–H groups in total. The van der Waals surface area contributed by atoms with Crippen molar-refractivity contribution < 1.29 is 19.1 Å². The summed E-state index contributed by atoms with van der Waals surface area (Å²) < 4.78 is 12.9. The van der Waals surface area contributed by atoms with E-state index in [1.165, 1.54) is 30.2 Å². The van der Waals surface area contributed by atoms with Crippen molar-refractivity contribution in [1.29, 1.82) is 0 Å². The van der Waals surface area contributed by atoms with Crippen LogP contribution in [0.5, 0.6) is 5.75 Å². The van der Waals surface area contributed by atoms with Gasteiger partial charge >= 0.3 is 5.97 Å². The van der Waals surface area contributed by atoms with Gasteiger partial charge in [-0.1, -0.05) is 23.4 Å². The molecule has 1 aromatic carbocycles. The Balaban J connectivity index is 1.40. The number of nitrogens with one attached hydrogen (secondary N) is 1. The minimum atomic E-state index is -0.404. The van der Waals surface area contributed by atoms with Gasteiger partial charge in [0.2, 0.25) is 5.91 Å². The smallest absolute Gasteiger partial charge is 0.341 e. The van der Waals surface area contributed by atoms with Crippen LogP contribution in [0.2, 0.25) is 5.02 Å². The van der Waals surface area contributed by atoms with Gasteiger partial charge in [-0.2, -0.15) is 0 Å². The number of methoxy groups -OCH3 is 1. The maximum absolute atomic E-state index is 12.8. The van der Waals surface area contributed by atoms with Crippen molar-refractivity contribution in [3.8, 4) is 5.75 Å². The molecule has 3 aromatic rings. The van der Waals surface area contributed by atoms with Crippen LogP contribution >= 0.6 is 34.7 Å². The normalized spacial score (nSPS) is 12.8. The molecule has 1 aliphatic carbocycles. The highest BCUT2D eigenvalue weighted by Gasteiger charge is 2.27. The number of carbonyl (C=O) groups excluding carboxylic acids is 2. The number of thiophene rings is 1. The van der Waals surface area contributed by atoms with E-state index in [0.29, 0.717) is 33.8 Å². The standard InChI is InChI=1S/C25H29ClN4O4S2/c1-5-30-19(12-34-16-10-14(2)22(26)15(3)11-16)28-29-25(30)35-13-20(31)27-23-21(24(32)33-4)17-8-6-7-9-18(17)36-23/h10-11H,5-9,12-13H2,1-4H3,(H,27,31). The number of ether oxygens (including phenoxy) is 2. The summed E-state index contributed by atoms with van der Waals surface area (Å²) in [5.41, 5.74) is 3.42.